The number of imide groups is 1. The second-order valence-corrected chi connectivity index (χ2v) is 6.79. The van der Waals surface area contributed by atoms with Crippen molar-refractivity contribution in [1.82, 2.24) is 0 Å². The predicted octanol–water partition coefficient (Wildman–Crippen LogP) is 4.17. The molecule has 2 aromatic carbocycles. The van der Waals surface area contributed by atoms with E-state index in [9.17, 15) is 14.0 Å². The number of halogens is 3. The standard InChI is InChI=1S/C17H11ClFIN2O2/c1-9-8-10(20)6-7-12(9)21-15-14(18)16(23)22(17(15)24)13-5-3-2-4-11(13)19/h2-8,21H,1H3. The highest BCUT2D eigenvalue weighted by molar-refractivity contribution is 14.1. The largest absolute Gasteiger partial charge is 0.349 e. The van der Waals surface area contributed by atoms with Crippen LogP contribution in [0.15, 0.2) is 53.2 Å². The minimum atomic E-state index is -0.752. The first kappa shape index (κ1) is 16.9. The van der Waals surface area contributed by atoms with Crippen molar-refractivity contribution in [1.29, 1.82) is 0 Å². The molecule has 0 fully saturated rings. The molecular formula is C17H11ClFIN2O2. The average molecular weight is 457 g/mol. The van der Waals surface area contributed by atoms with Gasteiger partial charge in [-0.25, -0.2) is 9.29 Å². The van der Waals surface area contributed by atoms with Crippen LogP contribution in [0, 0.1) is 16.3 Å². The molecule has 1 aliphatic heterocycles. The van der Waals surface area contributed by atoms with Gasteiger partial charge in [0.25, 0.3) is 11.8 Å². The van der Waals surface area contributed by atoms with Crippen LogP contribution < -0.4 is 10.2 Å². The number of amides is 2. The van der Waals surface area contributed by atoms with E-state index in [4.69, 9.17) is 11.6 Å². The Labute approximate surface area is 156 Å². The maximum atomic E-state index is 13.9. The minimum absolute atomic E-state index is 0.0609. The van der Waals surface area contributed by atoms with Gasteiger partial charge in [0.1, 0.15) is 16.5 Å². The van der Waals surface area contributed by atoms with E-state index in [-0.39, 0.29) is 16.4 Å². The lowest BCUT2D eigenvalue weighted by atomic mass is 10.2. The van der Waals surface area contributed by atoms with Crippen molar-refractivity contribution in [2.24, 2.45) is 0 Å². The van der Waals surface area contributed by atoms with Crippen LogP contribution in [0.4, 0.5) is 15.8 Å². The van der Waals surface area contributed by atoms with E-state index in [1.807, 2.05) is 19.1 Å². The van der Waals surface area contributed by atoms with Gasteiger partial charge >= 0.3 is 0 Å². The molecule has 4 nitrogen and oxygen atoms in total. The van der Waals surface area contributed by atoms with Crippen LogP contribution in [0.2, 0.25) is 0 Å². The fourth-order valence-electron chi connectivity index (χ4n) is 2.37. The summed E-state index contributed by atoms with van der Waals surface area (Å²) in [5, 5.41) is 2.63. The van der Waals surface area contributed by atoms with Gasteiger partial charge in [0, 0.05) is 9.26 Å². The van der Waals surface area contributed by atoms with Crippen LogP contribution in [-0.2, 0) is 9.59 Å². The highest BCUT2D eigenvalue weighted by atomic mass is 127. The Kier molecular flexibility index (Phi) is 4.60. The van der Waals surface area contributed by atoms with Gasteiger partial charge in [-0.15, -0.1) is 0 Å². The van der Waals surface area contributed by atoms with Gasteiger partial charge in [0.05, 0.1) is 5.69 Å². The SMILES string of the molecule is Cc1cc(I)ccc1NC1=C(Cl)C(=O)N(c2ccccc2F)C1=O. The number of benzene rings is 2. The van der Waals surface area contributed by atoms with Gasteiger partial charge < -0.3 is 5.32 Å². The normalized spacial score (nSPS) is 14.6. The summed E-state index contributed by atoms with van der Waals surface area (Å²) in [6.07, 6.45) is 0. The zero-order valence-corrected chi connectivity index (χ0v) is 15.4. The first-order chi connectivity index (χ1) is 11.4. The Balaban J connectivity index is 1.96. The summed E-state index contributed by atoms with van der Waals surface area (Å²) in [6.45, 7) is 1.87. The predicted molar refractivity (Wildman–Crippen MR) is 99.3 cm³/mol. The van der Waals surface area contributed by atoms with E-state index in [1.54, 1.807) is 12.1 Å². The van der Waals surface area contributed by atoms with E-state index in [0.717, 1.165) is 14.0 Å². The molecule has 1 N–H and O–H groups in total. The molecule has 0 atom stereocenters. The van der Waals surface area contributed by atoms with Crippen molar-refractivity contribution < 1.29 is 14.0 Å². The number of nitrogens with one attached hydrogen (secondary N) is 1. The molecule has 1 heterocycles. The van der Waals surface area contributed by atoms with Crippen molar-refractivity contribution in [3.8, 4) is 0 Å². The molecule has 0 aliphatic carbocycles. The number of anilines is 2. The Bertz CT molecular complexity index is 898. The zero-order chi connectivity index (χ0) is 17.4. The molecule has 0 radical (unpaired) electrons. The average Bonchev–Trinajstić information content (AvgIpc) is 2.74. The Morgan fingerprint density at radius 3 is 2.50 bits per heavy atom. The molecular weight excluding hydrogens is 446 g/mol. The van der Waals surface area contributed by atoms with Crippen molar-refractivity contribution in [3.05, 3.63) is 68.1 Å². The van der Waals surface area contributed by atoms with E-state index in [2.05, 4.69) is 27.9 Å². The Morgan fingerprint density at radius 2 is 1.83 bits per heavy atom. The smallest absolute Gasteiger partial charge is 0.283 e. The molecule has 0 unspecified atom stereocenters. The van der Waals surface area contributed by atoms with E-state index in [0.29, 0.717) is 5.69 Å². The molecule has 0 spiro atoms. The number of para-hydroxylation sites is 1. The van der Waals surface area contributed by atoms with Crippen molar-refractivity contribution in [3.63, 3.8) is 0 Å². The van der Waals surface area contributed by atoms with Gasteiger partial charge in [0.15, 0.2) is 0 Å². The molecule has 24 heavy (non-hydrogen) atoms. The first-order valence-electron chi connectivity index (χ1n) is 6.96. The summed E-state index contributed by atoms with van der Waals surface area (Å²) in [4.78, 5) is 25.6. The third-order valence-corrected chi connectivity index (χ3v) is 4.59. The van der Waals surface area contributed by atoms with Gasteiger partial charge in [-0.05, 0) is 65.4 Å². The lowest BCUT2D eigenvalue weighted by molar-refractivity contribution is -0.120. The molecule has 0 bridgehead atoms. The maximum Gasteiger partial charge on any atom is 0.283 e. The van der Waals surface area contributed by atoms with Crippen LogP contribution in [0.5, 0.6) is 0 Å². The molecule has 7 heteroatoms. The maximum absolute atomic E-state index is 13.9. The fraction of sp³-hybridized carbons (Fsp3) is 0.0588. The molecule has 122 valence electrons. The molecule has 0 saturated carbocycles. The number of rotatable bonds is 3. The van der Waals surface area contributed by atoms with Crippen LogP contribution >= 0.6 is 34.2 Å². The topological polar surface area (TPSA) is 49.4 Å². The lowest BCUT2D eigenvalue weighted by Gasteiger charge is -2.16. The summed E-state index contributed by atoms with van der Waals surface area (Å²) in [7, 11) is 0. The van der Waals surface area contributed by atoms with E-state index >= 15 is 0 Å². The highest BCUT2D eigenvalue weighted by Gasteiger charge is 2.40. The summed E-state index contributed by atoms with van der Waals surface area (Å²) in [6, 6.07) is 11.1. The van der Waals surface area contributed by atoms with Crippen LogP contribution in [0.1, 0.15) is 5.56 Å². The van der Waals surface area contributed by atoms with E-state index in [1.165, 1.54) is 18.2 Å². The number of carbonyl (C=O) groups excluding carboxylic acids is 2. The number of hydrogen-bond donors (Lipinski definition) is 1. The van der Waals surface area contributed by atoms with Gasteiger partial charge in [-0.1, -0.05) is 23.7 Å². The molecule has 2 amide bonds. The van der Waals surface area contributed by atoms with Crippen LogP contribution in [0.3, 0.4) is 0 Å². The fourth-order valence-corrected chi connectivity index (χ4v) is 3.22. The van der Waals surface area contributed by atoms with Crippen molar-refractivity contribution in [2.75, 3.05) is 10.2 Å². The van der Waals surface area contributed by atoms with Gasteiger partial charge in [-0.2, -0.15) is 0 Å². The van der Waals surface area contributed by atoms with Gasteiger partial charge in [0.2, 0.25) is 0 Å². The molecule has 0 aromatic heterocycles. The quantitative estimate of drug-likeness (QED) is 0.557. The van der Waals surface area contributed by atoms with Crippen LogP contribution in [-0.4, -0.2) is 11.8 Å². The number of hydrogen-bond acceptors (Lipinski definition) is 3. The third-order valence-electron chi connectivity index (χ3n) is 3.57. The highest BCUT2D eigenvalue weighted by Crippen LogP contribution is 2.32. The van der Waals surface area contributed by atoms with Crippen LogP contribution in [0.25, 0.3) is 0 Å². The first-order valence-corrected chi connectivity index (χ1v) is 8.42. The molecule has 2 aromatic rings. The number of aryl methyl sites for hydroxylation is 1. The molecule has 0 saturated heterocycles. The Hall–Kier alpha value is -1.93. The number of carbonyl (C=O) groups is 2. The number of nitrogens with zero attached hydrogens (tertiary/aromatic N) is 1. The van der Waals surface area contributed by atoms with Crippen molar-refractivity contribution in [2.45, 2.75) is 6.92 Å². The second-order valence-electron chi connectivity index (χ2n) is 5.17. The molecule has 3 rings (SSSR count). The molecule has 1 aliphatic rings. The van der Waals surface area contributed by atoms with Crippen molar-refractivity contribution >= 4 is 57.4 Å². The second kappa shape index (κ2) is 6.52. The Morgan fingerprint density at radius 1 is 1.12 bits per heavy atom. The summed E-state index contributed by atoms with van der Waals surface area (Å²) >= 11 is 8.21. The lowest BCUT2D eigenvalue weighted by Crippen LogP contribution is -2.33. The van der Waals surface area contributed by atoms with E-state index < -0.39 is 17.6 Å². The third kappa shape index (κ3) is 2.91. The minimum Gasteiger partial charge on any atom is -0.349 e. The monoisotopic (exact) mass is 456 g/mol. The summed E-state index contributed by atoms with van der Waals surface area (Å²) in [5.41, 5.74) is 1.36. The summed E-state index contributed by atoms with van der Waals surface area (Å²) < 4.78 is 15.0. The van der Waals surface area contributed by atoms with Gasteiger partial charge in [-0.3, -0.25) is 9.59 Å². The zero-order valence-electron chi connectivity index (χ0n) is 12.4. The summed E-state index contributed by atoms with van der Waals surface area (Å²) in [5.74, 6) is -2.11.